The summed E-state index contributed by atoms with van der Waals surface area (Å²) in [6, 6.07) is 0. The Labute approximate surface area is 57.5 Å². The molecule has 1 rings (SSSR count). The van der Waals surface area contributed by atoms with Gasteiger partial charge in [0.15, 0.2) is 6.29 Å². The van der Waals surface area contributed by atoms with Crippen molar-refractivity contribution >= 4 is 0 Å². The molecular weight excluding hydrogens is 140 g/mol. The molecule has 1 aliphatic rings. The molecule has 0 aromatic heterocycles. The van der Waals surface area contributed by atoms with Gasteiger partial charge in [0, 0.05) is 0 Å². The zero-order valence-electron chi connectivity index (χ0n) is 5.27. The Morgan fingerprint density at radius 2 is 2.10 bits per heavy atom. The summed E-state index contributed by atoms with van der Waals surface area (Å²) in [5.74, 6) is 0. The lowest BCUT2D eigenvalue weighted by atomic mass is 10.0. The molecule has 3 atom stereocenters. The number of aliphatic hydroxyl groups is 4. The van der Waals surface area contributed by atoms with Crippen molar-refractivity contribution in [1.29, 1.82) is 0 Å². The molecule has 0 spiro atoms. The third kappa shape index (κ3) is 1.02. The van der Waals surface area contributed by atoms with Crippen molar-refractivity contribution in [3.05, 3.63) is 0 Å². The first-order valence-electron chi connectivity index (χ1n) is 2.91. The summed E-state index contributed by atoms with van der Waals surface area (Å²) in [6.07, 6.45) is -2.81. The predicted octanol–water partition coefficient (Wildman–Crippen LogP) is -2.58. The fraction of sp³-hybridized carbons (Fsp3) is 1.00. The average Bonchev–Trinajstić information content (AvgIpc) is 2.19. The van der Waals surface area contributed by atoms with Crippen LogP contribution in [0, 0.1) is 0 Å². The van der Waals surface area contributed by atoms with Gasteiger partial charge in [-0.15, -0.1) is 0 Å². The minimum Gasteiger partial charge on any atom is -0.393 e. The highest BCUT2D eigenvalue weighted by Gasteiger charge is 2.46. The Morgan fingerprint density at radius 1 is 1.50 bits per heavy atom. The van der Waals surface area contributed by atoms with Gasteiger partial charge in [-0.3, -0.25) is 0 Å². The molecule has 0 aliphatic carbocycles. The van der Waals surface area contributed by atoms with Crippen molar-refractivity contribution in [2.75, 3.05) is 13.2 Å². The van der Waals surface area contributed by atoms with Crippen LogP contribution < -0.4 is 0 Å². The van der Waals surface area contributed by atoms with Crippen LogP contribution in [0.15, 0.2) is 0 Å². The molecule has 2 unspecified atom stereocenters. The van der Waals surface area contributed by atoms with Crippen molar-refractivity contribution in [1.82, 2.24) is 0 Å². The standard InChI is InChI=1S/C5H10O5/c6-1-5(9)2-10-4(8)3(5)7/h3-4,6-9H,1-2H2/t3-,4?,5?/m0/s1. The molecule has 0 aromatic carbocycles. The highest BCUT2D eigenvalue weighted by Crippen LogP contribution is 2.22. The molecule has 0 radical (unpaired) electrons. The Balaban J connectivity index is 2.64. The summed E-state index contributed by atoms with van der Waals surface area (Å²) in [5, 5.41) is 35.3. The van der Waals surface area contributed by atoms with E-state index in [2.05, 4.69) is 4.74 Å². The van der Waals surface area contributed by atoms with Crippen molar-refractivity contribution in [2.45, 2.75) is 18.0 Å². The van der Waals surface area contributed by atoms with Crippen molar-refractivity contribution in [3.8, 4) is 0 Å². The summed E-state index contributed by atoms with van der Waals surface area (Å²) in [6.45, 7) is -0.864. The maximum atomic E-state index is 9.15. The van der Waals surface area contributed by atoms with Gasteiger partial charge in [-0.25, -0.2) is 0 Å². The van der Waals surface area contributed by atoms with E-state index >= 15 is 0 Å². The Kier molecular flexibility index (Phi) is 1.93. The van der Waals surface area contributed by atoms with Crippen LogP contribution in [0.25, 0.3) is 0 Å². The third-order valence-corrected chi connectivity index (χ3v) is 1.60. The van der Waals surface area contributed by atoms with E-state index < -0.39 is 24.6 Å². The lowest BCUT2D eigenvalue weighted by Crippen LogP contribution is -2.46. The zero-order chi connectivity index (χ0) is 7.78. The second-order valence-electron chi connectivity index (χ2n) is 2.41. The predicted molar refractivity (Wildman–Crippen MR) is 30.0 cm³/mol. The monoisotopic (exact) mass is 150 g/mol. The van der Waals surface area contributed by atoms with E-state index in [9.17, 15) is 0 Å². The molecule has 1 fully saturated rings. The molecule has 60 valence electrons. The molecule has 0 bridgehead atoms. The fourth-order valence-corrected chi connectivity index (χ4v) is 0.811. The fourth-order valence-electron chi connectivity index (χ4n) is 0.811. The summed E-state index contributed by atoms with van der Waals surface area (Å²) >= 11 is 0. The molecule has 0 aromatic rings. The smallest absolute Gasteiger partial charge is 0.184 e. The molecule has 0 saturated carbocycles. The molecule has 4 N–H and O–H groups in total. The van der Waals surface area contributed by atoms with Crippen LogP contribution in [0.2, 0.25) is 0 Å². The number of aliphatic hydroxyl groups excluding tert-OH is 3. The summed E-state index contributed by atoms with van der Waals surface area (Å²) < 4.78 is 4.47. The molecule has 5 nitrogen and oxygen atoms in total. The van der Waals surface area contributed by atoms with E-state index in [0.29, 0.717) is 0 Å². The van der Waals surface area contributed by atoms with Crippen LogP contribution in [0.5, 0.6) is 0 Å². The van der Waals surface area contributed by atoms with Gasteiger partial charge in [0.05, 0.1) is 13.2 Å². The van der Waals surface area contributed by atoms with Gasteiger partial charge >= 0.3 is 0 Å². The topological polar surface area (TPSA) is 90.2 Å². The molecule has 10 heavy (non-hydrogen) atoms. The first kappa shape index (κ1) is 7.90. The Bertz CT molecular complexity index is 127. The van der Waals surface area contributed by atoms with Gasteiger partial charge in [-0.2, -0.15) is 0 Å². The Morgan fingerprint density at radius 3 is 2.30 bits per heavy atom. The molecular formula is C5H10O5. The normalized spacial score (nSPS) is 48.0. The summed E-state index contributed by atoms with van der Waals surface area (Å²) in [7, 11) is 0. The van der Waals surface area contributed by atoms with Crippen LogP contribution in [0.3, 0.4) is 0 Å². The van der Waals surface area contributed by atoms with E-state index in [1.165, 1.54) is 0 Å². The van der Waals surface area contributed by atoms with Crippen LogP contribution >= 0.6 is 0 Å². The van der Waals surface area contributed by atoms with E-state index in [-0.39, 0.29) is 6.61 Å². The van der Waals surface area contributed by atoms with Gasteiger partial charge in [0.1, 0.15) is 11.7 Å². The number of rotatable bonds is 1. The maximum Gasteiger partial charge on any atom is 0.184 e. The minimum atomic E-state index is -1.70. The van der Waals surface area contributed by atoms with E-state index in [4.69, 9.17) is 20.4 Å². The van der Waals surface area contributed by atoms with Crippen LogP contribution in [-0.2, 0) is 4.74 Å². The highest BCUT2D eigenvalue weighted by molar-refractivity contribution is 4.92. The van der Waals surface area contributed by atoms with Gasteiger partial charge in [0.25, 0.3) is 0 Å². The van der Waals surface area contributed by atoms with Crippen molar-refractivity contribution in [3.63, 3.8) is 0 Å². The average molecular weight is 150 g/mol. The second kappa shape index (κ2) is 2.44. The highest BCUT2D eigenvalue weighted by atomic mass is 16.6. The zero-order valence-corrected chi connectivity index (χ0v) is 5.27. The number of ether oxygens (including phenoxy) is 1. The quantitative estimate of drug-likeness (QED) is 0.329. The van der Waals surface area contributed by atoms with Gasteiger partial charge in [-0.05, 0) is 0 Å². The lowest BCUT2D eigenvalue weighted by Gasteiger charge is -2.21. The van der Waals surface area contributed by atoms with Crippen LogP contribution in [-0.4, -0.2) is 51.6 Å². The Hall–Kier alpha value is -0.200. The van der Waals surface area contributed by atoms with E-state index in [0.717, 1.165) is 0 Å². The van der Waals surface area contributed by atoms with Crippen LogP contribution in [0.1, 0.15) is 0 Å². The first-order chi connectivity index (χ1) is 4.60. The SMILES string of the molecule is OCC1(O)COC(O)[C@@H]1O. The lowest BCUT2D eigenvalue weighted by molar-refractivity contribution is -0.128. The largest absolute Gasteiger partial charge is 0.393 e. The molecule has 1 saturated heterocycles. The van der Waals surface area contributed by atoms with Crippen LogP contribution in [0.4, 0.5) is 0 Å². The molecule has 1 aliphatic heterocycles. The van der Waals surface area contributed by atoms with E-state index in [1.807, 2.05) is 0 Å². The molecule has 1 heterocycles. The first-order valence-corrected chi connectivity index (χ1v) is 2.91. The third-order valence-electron chi connectivity index (χ3n) is 1.60. The molecule has 5 heteroatoms. The number of hydrogen-bond donors (Lipinski definition) is 4. The van der Waals surface area contributed by atoms with Gasteiger partial charge < -0.3 is 25.2 Å². The van der Waals surface area contributed by atoms with Gasteiger partial charge in [-0.1, -0.05) is 0 Å². The van der Waals surface area contributed by atoms with Crippen molar-refractivity contribution in [2.24, 2.45) is 0 Å². The number of hydrogen-bond acceptors (Lipinski definition) is 5. The summed E-state index contributed by atoms with van der Waals surface area (Å²) in [4.78, 5) is 0. The van der Waals surface area contributed by atoms with Crippen molar-refractivity contribution < 1.29 is 25.2 Å². The van der Waals surface area contributed by atoms with E-state index in [1.54, 1.807) is 0 Å². The maximum absolute atomic E-state index is 9.15. The molecule has 0 amide bonds. The summed E-state index contributed by atoms with van der Waals surface area (Å²) in [5.41, 5.74) is -1.70. The minimum absolute atomic E-state index is 0.244. The second-order valence-corrected chi connectivity index (χ2v) is 2.41. The van der Waals surface area contributed by atoms with Gasteiger partial charge in [0.2, 0.25) is 0 Å².